The summed E-state index contributed by atoms with van der Waals surface area (Å²) < 4.78 is 0. The minimum atomic E-state index is 0.863. The van der Waals surface area contributed by atoms with Crippen LogP contribution < -0.4 is 0 Å². The maximum atomic E-state index is 4.62. The predicted octanol–water partition coefficient (Wildman–Crippen LogP) is 2.79. The largest absolute Gasteiger partial charge is 0.342 e. The Morgan fingerprint density at radius 2 is 2.10 bits per heavy atom. The van der Waals surface area contributed by atoms with Gasteiger partial charge in [0.2, 0.25) is 0 Å². The third-order valence-electron chi connectivity index (χ3n) is 3.48. The number of rotatable bonds is 6. The first-order chi connectivity index (χ1) is 10.2. The molecule has 6 heteroatoms. The molecule has 3 rings (SSSR count). The van der Waals surface area contributed by atoms with Crippen LogP contribution >= 0.6 is 11.3 Å². The molecule has 0 aliphatic heterocycles. The summed E-state index contributed by atoms with van der Waals surface area (Å²) in [6.07, 6.45) is 0.917. The Balaban J connectivity index is 1.61. The number of hydrogen-bond donors (Lipinski definition) is 1. The predicted molar refractivity (Wildman–Crippen MR) is 85.4 cm³/mol. The lowest BCUT2D eigenvalue weighted by atomic mass is 10.3. The van der Waals surface area contributed by atoms with Crippen LogP contribution in [0, 0.1) is 6.92 Å². The molecule has 0 saturated heterocycles. The smallest absolute Gasteiger partial charge is 0.131 e. The van der Waals surface area contributed by atoms with Crippen LogP contribution in [0.5, 0.6) is 0 Å². The van der Waals surface area contributed by atoms with E-state index in [0.717, 1.165) is 52.9 Å². The van der Waals surface area contributed by atoms with Gasteiger partial charge in [0.05, 0.1) is 17.6 Å². The van der Waals surface area contributed by atoms with Crippen molar-refractivity contribution in [1.82, 2.24) is 25.1 Å². The fourth-order valence-corrected chi connectivity index (χ4v) is 3.08. The van der Waals surface area contributed by atoms with Crippen molar-refractivity contribution in [2.75, 3.05) is 13.1 Å². The van der Waals surface area contributed by atoms with E-state index in [1.54, 1.807) is 11.3 Å². The summed E-state index contributed by atoms with van der Waals surface area (Å²) >= 11 is 1.67. The molecular formula is C15H19N5S. The second kappa shape index (κ2) is 6.32. The molecule has 3 aromatic rings. The van der Waals surface area contributed by atoms with Gasteiger partial charge in [0.1, 0.15) is 15.8 Å². The molecule has 1 aromatic carbocycles. The maximum absolute atomic E-state index is 4.62. The number of hydrogen-bond acceptors (Lipinski definition) is 5. The normalized spacial score (nSPS) is 11.6. The molecule has 0 unspecified atom stereocenters. The SMILES string of the molecule is CCN(CCc1nc2ccccc2[nH]1)Cc1nnc(C)s1. The van der Waals surface area contributed by atoms with Gasteiger partial charge in [-0.2, -0.15) is 0 Å². The highest BCUT2D eigenvalue weighted by Crippen LogP contribution is 2.13. The van der Waals surface area contributed by atoms with Crippen molar-refractivity contribution in [3.63, 3.8) is 0 Å². The number of H-pyrrole nitrogens is 1. The lowest BCUT2D eigenvalue weighted by Crippen LogP contribution is -2.25. The first kappa shape index (κ1) is 14.2. The zero-order valence-electron chi connectivity index (χ0n) is 12.3. The average Bonchev–Trinajstić information content (AvgIpc) is 3.08. The van der Waals surface area contributed by atoms with Crippen molar-refractivity contribution < 1.29 is 0 Å². The van der Waals surface area contributed by atoms with Crippen LogP contribution in [0.2, 0.25) is 0 Å². The maximum Gasteiger partial charge on any atom is 0.131 e. The fraction of sp³-hybridized carbons (Fsp3) is 0.400. The van der Waals surface area contributed by atoms with Gasteiger partial charge >= 0.3 is 0 Å². The number of aromatic nitrogens is 4. The van der Waals surface area contributed by atoms with Crippen LogP contribution in [0.3, 0.4) is 0 Å². The number of likely N-dealkylation sites (N-methyl/N-ethyl adjacent to an activating group) is 1. The van der Waals surface area contributed by atoms with Gasteiger partial charge in [0.15, 0.2) is 0 Å². The molecule has 0 saturated carbocycles. The molecule has 0 atom stereocenters. The van der Waals surface area contributed by atoms with E-state index in [9.17, 15) is 0 Å². The van der Waals surface area contributed by atoms with E-state index in [1.807, 2.05) is 25.1 Å². The molecule has 5 nitrogen and oxygen atoms in total. The quantitative estimate of drug-likeness (QED) is 0.760. The van der Waals surface area contributed by atoms with E-state index >= 15 is 0 Å². The zero-order valence-corrected chi connectivity index (χ0v) is 13.2. The lowest BCUT2D eigenvalue weighted by Gasteiger charge is -2.17. The van der Waals surface area contributed by atoms with E-state index in [4.69, 9.17) is 0 Å². The van der Waals surface area contributed by atoms with Gasteiger partial charge < -0.3 is 4.98 Å². The molecular weight excluding hydrogens is 282 g/mol. The van der Waals surface area contributed by atoms with Crippen LogP contribution in [0.4, 0.5) is 0 Å². The van der Waals surface area contributed by atoms with Gasteiger partial charge in [0, 0.05) is 13.0 Å². The number of aromatic amines is 1. The van der Waals surface area contributed by atoms with Crippen molar-refractivity contribution in [3.05, 3.63) is 40.1 Å². The summed E-state index contributed by atoms with van der Waals surface area (Å²) in [5, 5.41) is 10.4. The van der Waals surface area contributed by atoms with Crippen LogP contribution in [0.15, 0.2) is 24.3 Å². The van der Waals surface area contributed by atoms with Gasteiger partial charge in [-0.15, -0.1) is 21.5 Å². The third kappa shape index (κ3) is 3.46. The van der Waals surface area contributed by atoms with Gasteiger partial charge in [-0.05, 0) is 25.6 Å². The topological polar surface area (TPSA) is 57.7 Å². The van der Waals surface area contributed by atoms with Crippen LogP contribution in [-0.2, 0) is 13.0 Å². The minimum Gasteiger partial charge on any atom is -0.342 e. The molecule has 0 amide bonds. The fourth-order valence-electron chi connectivity index (χ4n) is 2.33. The summed E-state index contributed by atoms with van der Waals surface area (Å²) in [6.45, 7) is 6.99. The standard InChI is InChI=1S/C15H19N5S/c1-3-20(10-15-19-18-11(2)21-15)9-8-14-16-12-6-4-5-7-13(12)17-14/h4-7H,3,8-10H2,1-2H3,(H,16,17). The first-order valence-corrected chi connectivity index (χ1v) is 8.01. The van der Waals surface area contributed by atoms with E-state index in [1.165, 1.54) is 0 Å². The van der Waals surface area contributed by atoms with Crippen molar-refractivity contribution in [2.45, 2.75) is 26.8 Å². The number of benzene rings is 1. The van der Waals surface area contributed by atoms with E-state index in [-0.39, 0.29) is 0 Å². The lowest BCUT2D eigenvalue weighted by molar-refractivity contribution is 0.281. The Kier molecular flexibility index (Phi) is 4.26. The highest BCUT2D eigenvalue weighted by atomic mass is 32.1. The highest BCUT2D eigenvalue weighted by molar-refractivity contribution is 7.11. The Morgan fingerprint density at radius 3 is 2.81 bits per heavy atom. The molecule has 0 bridgehead atoms. The van der Waals surface area contributed by atoms with Gasteiger partial charge in [-0.1, -0.05) is 19.1 Å². The summed E-state index contributed by atoms with van der Waals surface area (Å²) in [6, 6.07) is 8.15. The van der Waals surface area contributed by atoms with Crippen molar-refractivity contribution in [3.8, 4) is 0 Å². The van der Waals surface area contributed by atoms with Crippen LogP contribution in [-0.4, -0.2) is 38.2 Å². The molecule has 0 aliphatic carbocycles. The van der Waals surface area contributed by atoms with Crippen LogP contribution in [0.1, 0.15) is 22.8 Å². The zero-order chi connectivity index (χ0) is 14.7. The Hall–Kier alpha value is -1.79. The number of aryl methyl sites for hydroxylation is 1. The number of nitrogens with zero attached hydrogens (tertiary/aromatic N) is 4. The Morgan fingerprint density at radius 1 is 1.24 bits per heavy atom. The Labute approximate surface area is 128 Å². The average molecular weight is 301 g/mol. The van der Waals surface area contributed by atoms with E-state index in [0.29, 0.717) is 0 Å². The minimum absolute atomic E-state index is 0.863. The third-order valence-corrected chi connectivity index (χ3v) is 4.30. The summed E-state index contributed by atoms with van der Waals surface area (Å²) in [5.74, 6) is 1.04. The molecule has 0 aliphatic rings. The van der Waals surface area contributed by atoms with Crippen LogP contribution in [0.25, 0.3) is 11.0 Å². The number of imidazole rings is 1. The first-order valence-electron chi connectivity index (χ1n) is 7.19. The van der Waals surface area contributed by atoms with Crippen molar-refractivity contribution >= 4 is 22.4 Å². The molecule has 110 valence electrons. The molecule has 1 N–H and O–H groups in total. The monoisotopic (exact) mass is 301 g/mol. The number of fused-ring (bicyclic) bond motifs is 1. The summed E-state index contributed by atoms with van der Waals surface area (Å²) in [4.78, 5) is 10.4. The Bertz CT molecular complexity index is 685. The van der Waals surface area contributed by atoms with E-state index < -0.39 is 0 Å². The van der Waals surface area contributed by atoms with Crippen molar-refractivity contribution in [1.29, 1.82) is 0 Å². The number of nitrogens with one attached hydrogen (secondary N) is 1. The van der Waals surface area contributed by atoms with E-state index in [2.05, 4.69) is 38.1 Å². The molecule has 0 spiro atoms. The highest BCUT2D eigenvalue weighted by Gasteiger charge is 2.09. The summed E-state index contributed by atoms with van der Waals surface area (Å²) in [5.41, 5.74) is 2.14. The van der Waals surface area contributed by atoms with Gasteiger partial charge in [0.25, 0.3) is 0 Å². The van der Waals surface area contributed by atoms with Gasteiger partial charge in [-0.25, -0.2) is 4.98 Å². The molecule has 0 fully saturated rings. The second-order valence-corrected chi connectivity index (χ2v) is 6.30. The van der Waals surface area contributed by atoms with Crippen molar-refractivity contribution in [2.24, 2.45) is 0 Å². The molecule has 0 radical (unpaired) electrons. The molecule has 21 heavy (non-hydrogen) atoms. The molecule has 2 aromatic heterocycles. The second-order valence-electron chi connectivity index (χ2n) is 5.03. The van der Waals surface area contributed by atoms with Gasteiger partial charge in [-0.3, -0.25) is 4.90 Å². The number of para-hydroxylation sites is 2. The summed E-state index contributed by atoms with van der Waals surface area (Å²) in [7, 11) is 0. The molecule has 2 heterocycles.